The monoisotopic (exact) mass is 348 g/mol. The van der Waals surface area contributed by atoms with Crippen LogP contribution in [0.2, 0.25) is 0 Å². The van der Waals surface area contributed by atoms with Gasteiger partial charge in [-0.3, -0.25) is 4.79 Å². The second-order valence-corrected chi connectivity index (χ2v) is 6.31. The van der Waals surface area contributed by atoms with E-state index in [4.69, 9.17) is 4.74 Å². The Morgan fingerprint density at radius 1 is 0.885 bits per heavy atom. The summed E-state index contributed by atoms with van der Waals surface area (Å²) in [6.45, 7) is 1.43. The first-order valence-electron chi connectivity index (χ1n) is 8.77. The van der Waals surface area contributed by atoms with Crippen LogP contribution < -0.4 is 4.74 Å². The number of nitrogens with zero attached hydrogens (tertiary/aromatic N) is 4. The van der Waals surface area contributed by atoms with Gasteiger partial charge in [0.15, 0.2) is 0 Å². The molecule has 4 rings (SSSR count). The van der Waals surface area contributed by atoms with Crippen LogP contribution in [0.15, 0.2) is 67.0 Å². The highest BCUT2D eigenvalue weighted by molar-refractivity contribution is 5.94. The van der Waals surface area contributed by atoms with Crippen molar-refractivity contribution in [1.29, 1.82) is 0 Å². The first-order valence-corrected chi connectivity index (χ1v) is 8.77. The fourth-order valence-electron chi connectivity index (χ4n) is 3.19. The van der Waals surface area contributed by atoms with E-state index < -0.39 is 0 Å². The molecule has 26 heavy (non-hydrogen) atoms. The van der Waals surface area contributed by atoms with Gasteiger partial charge < -0.3 is 9.64 Å². The molecular formula is C20H20N4O2. The van der Waals surface area contributed by atoms with Crippen LogP contribution >= 0.6 is 0 Å². The summed E-state index contributed by atoms with van der Waals surface area (Å²) in [4.78, 5) is 16.4. The van der Waals surface area contributed by atoms with Gasteiger partial charge in [-0.2, -0.15) is 15.0 Å². The van der Waals surface area contributed by atoms with Gasteiger partial charge in [-0.25, -0.2) is 0 Å². The Balaban J connectivity index is 1.36. The Kier molecular flexibility index (Phi) is 4.64. The van der Waals surface area contributed by atoms with Crippen molar-refractivity contribution in [2.75, 3.05) is 13.1 Å². The number of carbonyl (C=O) groups excluding carboxylic acids is 1. The average molecular weight is 348 g/mol. The third-order valence-corrected chi connectivity index (χ3v) is 4.60. The second kappa shape index (κ2) is 7.39. The minimum atomic E-state index is 0.0585. The SMILES string of the molecule is O=C(c1ccc(Oc2ccccc2)cc1)N1CCC(n2nccn2)CC1. The summed E-state index contributed by atoms with van der Waals surface area (Å²) in [5, 5.41) is 8.40. The van der Waals surface area contributed by atoms with Gasteiger partial charge in [-0.15, -0.1) is 0 Å². The zero-order valence-corrected chi connectivity index (χ0v) is 14.4. The Hall–Kier alpha value is -3.15. The maximum absolute atomic E-state index is 12.7. The van der Waals surface area contributed by atoms with Gasteiger partial charge in [0.2, 0.25) is 0 Å². The van der Waals surface area contributed by atoms with Gasteiger partial charge in [0.1, 0.15) is 11.5 Å². The van der Waals surface area contributed by atoms with Crippen LogP contribution in [0.1, 0.15) is 29.2 Å². The fraction of sp³-hybridized carbons (Fsp3) is 0.250. The number of piperidine rings is 1. The van der Waals surface area contributed by atoms with Crippen molar-refractivity contribution in [3.8, 4) is 11.5 Å². The van der Waals surface area contributed by atoms with Crippen molar-refractivity contribution in [2.45, 2.75) is 18.9 Å². The van der Waals surface area contributed by atoms with Crippen LogP contribution in [0.4, 0.5) is 0 Å². The minimum Gasteiger partial charge on any atom is -0.457 e. The van der Waals surface area contributed by atoms with Crippen molar-refractivity contribution < 1.29 is 9.53 Å². The first kappa shape index (κ1) is 16.3. The molecule has 0 N–H and O–H groups in total. The van der Waals surface area contributed by atoms with E-state index in [0.29, 0.717) is 18.7 Å². The largest absolute Gasteiger partial charge is 0.457 e. The molecule has 0 spiro atoms. The number of para-hydroxylation sites is 1. The highest BCUT2D eigenvalue weighted by Gasteiger charge is 2.25. The lowest BCUT2D eigenvalue weighted by atomic mass is 10.0. The predicted octanol–water partition coefficient (Wildman–Crippen LogP) is 3.55. The van der Waals surface area contributed by atoms with E-state index >= 15 is 0 Å². The van der Waals surface area contributed by atoms with Crippen LogP contribution in [0.5, 0.6) is 11.5 Å². The third-order valence-electron chi connectivity index (χ3n) is 4.60. The lowest BCUT2D eigenvalue weighted by Gasteiger charge is -2.31. The molecule has 1 aliphatic rings. The molecule has 0 saturated carbocycles. The van der Waals surface area contributed by atoms with Crippen molar-refractivity contribution in [3.63, 3.8) is 0 Å². The molecule has 132 valence electrons. The summed E-state index contributed by atoms with van der Waals surface area (Å²) in [6, 6.07) is 17.2. The molecule has 0 aliphatic carbocycles. The lowest BCUT2D eigenvalue weighted by Crippen LogP contribution is -2.39. The smallest absolute Gasteiger partial charge is 0.253 e. The van der Waals surface area contributed by atoms with Crippen molar-refractivity contribution in [2.24, 2.45) is 0 Å². The molecule has 1 aliphatic heterocycles. The minimum absolute atomic E-state index is 0.0585. The number of carbonyl (C=O) groups is 1. The third kappa shape index (κ3) is 3.59. The van der Waals surface area contributed by atoms with Gasteiger partial charge in [0.05, 0.1) is 18.4 Å². The second-order valence-electron chi connectivity index (χ2n) is 6.31. The Morgan fingerprint density at radius 3 is 2.15 bits per heavy atom. The molecule has 0 atom stereocenters. The number of amides is 1. The molecule has 3 aromatic rings. The van der Waals surface area contributed by atoms with Gasteiger partial charge >= 0.3 is 0 Å². The summed E-state index contributed by atoms with van der Waals surface area (Å²) in [5.41, 5.74) is 0.682. The molecule has 2 heterocycles. The number of aromatic nitrogens is 3. The number of ether oxygens (including phenoxy) is 1. The maximum atomic E-state index is 12.7. The van der Waals surface area contributed by atoms with E-state index in [0.717, 1.165) is 24.3 Å². The molecule has 1 aromatic heterocycles. The van der Waals surface area contributed by atoms with E-state index in [9.17, 15) is 4.79 Å². The first-order chi connectivity index (χ1) is 12.8. The number of benzene rings is 2. The summed E-state index contributed by atoms with van der Waals surface area (Å²) in [7, 11) is 0. The highest BCUT2D eigenvalue weighted by Crippen LogP contribution is 2.24. The molecule has 1 amide bonds. The molecule has 0 unspecified atom stereocenters. The molecule has 6 heteroatoms. The normalized spacial score (nSPS) is 15.0. The number of hydrogen-bond donors (Lipinski definition) is 0. The van der Waals surface area contributed by atoms with Crippen LogP contribution in [-0.4, -0.2) is 38.9 Å². The Bertz CT molecular complexity index is 839. The average Bonchev–Trinajstić information content (AvgIpc) is 3.24. The Morgan fingerprint density at radius 2 is 1.50 bits per heavy atom. The summed E-state index contributed by atoms with van der Waals surface area (Å²) >= 11 is 0. The molecule has 0 bridgehead atoms. The van der Waals surface area contributed by atoms with Gasteiger partial charge in [0.25, 0.3) is 5.91 Å². The van der Waals surface area contributed by atoms with E-state index in [-0.39, 0.29) is 11.9 Å². The van der Waals surface area contributed by atoms with Gasteiger partial charge in [-0.1, -0.05) is 18.2 Å². The molecule has 1 saturated heterocycles. The van der Waals surface area contributed by atoms with Crippen LogP contribution in [0.25, 0.3) is 0 Å². The zero-order chi connectivity index (χ0) is 17.8. The van der Waals surface area contributed by atoms with E-state index in [1.54, 1.807) is 17.2 Å². The van der Waals surface area contributed by atoms with Crippen molar-refractivity contribution in [3.05, 3.63) is 72.6 Å². The molecule has 0 radical (unpaired) electrons. The Labute approximate surface area is 152 Å². The van der Waals surface area contributed by atoms with E-state index in [1.165, 1.54) is 0 Å². The molecule has 2 aromatic carbocycles. The topological polar surface area (TPSA) is 60.2 Å². The van der Waals surface area contributed by atoms with Crippen LogP contribution in [0.3, 0.4) is 0 Å². The number of likely N-dealkylation sites (tertiary alicyclic amines) is 1. The number of rotatable bonds is 4. The van der Waals surface area contributed by atoms with Crippen LogP contribution in [0, 0.1) is 0 Å². The maximum Gasteiger partial charge on any atom is 0.253 e. The molecular weight excluding hydrogens is 328 g/mol. The highest BCUT2D eigenvalue weighted by atomic mass is 16.5. The molecule has 1 fully saturated rings. The molecule has 6 nitrogen and oxygen atoms in total. The standard InChI is InChI=1S/C20H20N4O2/c25-20(23-14-10-17(11-15-23)24-21-12-13-22-24)16-6-8-19(9-7-16)26-18-4-2-1-3-5-18/h1-9,12-13,17H,10-11,14-15H2. The van der Waals surface area contributed by atoms with Crippen molar-refractivity contribution >= 4 is 5.91 Å². The predicted molar refractivity (Wildman–Crippen MR) is 97.2 cm³/mol. The quantitative estimate of drug-likeness (QED) is 0.723. The van der Waals surface area contributed by atoms with E-state index in [1.807, 2.05) is 59.5 Å². The summed E-state index contributed by atoms with van der Waals surface area (Å²) < 4.78 is 5.77. The van der Waals surface area contributed by atoms with Gasteiger partial charge in [0, 0.05) is 18.7 Å². The van der Waals surface area contributed by atoms with E-state index in [2.05, 4.69) is 10.2 Å². The fourth-order valence-corrected chi connectivity index (χ4v) is 3.19. The van der Waals surface area contributed by atoms with Crippen LogP contribution in [-0.2, 0) is 0 Å². The summed E-state index contributed by atoms with van der Waals surface area (Å²) in [5.74, 6) is 1.56. The summed E-state index contributed by atoms with van der Waals surface area (Å²) in [6.07, 6.45) is 5.12. The zero-order valence-electron chi connectivity index (χ0n) is 14.4. The number of hydrogen-bond acceptors (Lipinski definition) is 4. The van der Waals surface area contributed by atoms with Crippen molar-refractivity contribution in [1.82, 2.24) is 19.9 Å². The van der Waals surface area contributed by atoms with Gasteiger partial charge in [-0.05, 0) is 49.2 Å². The lowest BCUT2D eigenvalue weighted by molar-refractivity contribution is 0.0684.